The van der Waals surface area contributed by atoms with Crippen molar-refractivity contribution in [1.82, 2.24) is 25.4 Å². The second kappa shape index (κ2) is 10.2. The fourth-order valence-corrected chi connectivity index (χ4v) is 6.04. The van der Waals surface area contributed by atoms with E-state index >= 15 is 0 Å². The number of alkyl halides is 3. The van der Waals surface area contributed by atoms with Gasteiger partial charge in [0.1, 0.15) is 11.8 Å². The van der Waals surface area contributed by atoms with Gasteiger partial charge in [0, 0.05) is 35.7 Å². The van der Waals surface area contributed by atoms with Crippen molar-refractivity contribution < 1.29 is 41.7 Å². The van der Waals surface area contributed by atoms with Crippen molar-refractivity contribution in [2.75, 3.05) is 19.8 Å². The molecule has 6 rings (SSSR count). The van der Waals surface area contributed by atoms with Crippen LogP contribution < -0.4 is 10.1 Å². The normalized spacial score (nSPS) is 27.8. The molecule has 3 N–H and O–H groups in total. The minimum atomic E-state index is -4.69. The largest absolute Gasteiger partial charge is 0.469 e. The van der Waals surface area contributed by atoms with Crippen LogP contribution in [0.5, 0.6) is 5.88 Å². The van der Waals surface area contributed by atoms with Gasteiger partial charge in [0.25, 0.3) is 5.91 Å². The minimum Gasteiger partial charge on any atom is -0.469 e. The number of ether oxygens (including phenoxy) is 2. The number of nitrogens with zero attached hydrogens (tertiary/aromatic N) is 3. The predicted octanol–water partition coefficient (Wildman–Crippen LogP) is 3.13. The van der Waals surface area contributed by atoms with E-state index < -0.39 is 42.0 Å². The maximum absolute atomic E-state index is 14.6. The van der Waals surface area contributed by atoms with Crippen LogP contribution in [-0.2, 0) is 9.53 Å². The Balaban J connectivity index is 1.07. The topological polar surface area (TPSA) is 130 Å². The number of carbonyl (C=O) groups excluding carboxylic acids is 2. The molecule has 0 aromatic carbocycles. The number of aromatic nitrogens is 3. The van der Waals surface area contributed by atoms with Gasteiger partial charge in [-0.05, 0) is 57.4 Å². The highest BCUT2D eigenvalue weighted by molar-refractivity contribution is 5.94. The highest BCUT2D eigenvalue weighted by Crippen LogP contribution is 2.51. The first-order valence-electron chi connectivity index (χ1n) is 13.8. The molecule has 1 atom stereocenters. The quantitative estimate of drug-likeness (QED) is 0.447. The third-order valence-electron chi connectivity index (χ3n) is 8.84. The molecule has 2 aromatic rings. The zero-order valence-electron chi connectivity index (χ0n) is 22.2. The van der Waals surface area contributed by atoms with Gasteiger partial charge in [-0.2, -0.15) is 18.3 Å². The number of halogens is 4. The van der Waals surface area contributed by atoms with Crippen LogP contribution in [0.1, 0.15) is 61.9 Å². The Kier molecular flexibility index (Phi) is 6.96. The molecule has 2 saturated heterocycles. The van der Waals surface area contributed by atoms with Crippen LogP contribution in [0.15, 0.2) is 18.3 Å². The van der Waals surface area contributed by atoms with E-state index in [1.54, 1.807) is 4.90 Å². The van der Waals surface area contributed by atoms with E-state index in [4.69, 9.17) is 9.47 Å². The summed E-state index contributed by atoms with van der Waals surface area (Å²) in [5, 5.41) is 19.6. The van der Waals surface area contributed by atoms with Crippen molar-refractivity contribution in [3.63, 3.8) is 0 Å². The molecule has 0 radical (unpaired) electrons. The number of nitrogens with one attached hydrogen (secondary N) is 2. The number of H-pyrrole nitrogens is 1. The summed E-state index contributed by atoms with van der Waals surface area (Å²) < 4.78 is 64.6. The van der Waals surface area contributed by atoms with Crippen molar-refractivity contribution in [3.05, 3.63) is 29.8 Å². The summed E-state index contributed by atoms with van der Waals surface area (Å²) in [4.78, 5) is 32.2. The molecule has 2 aliphatic heterocycles. The van der Waals surface area contributed by atoms with Crippen LogP contribution in [0.3, 0.4) is 0 Å². The van der Waals surface area contributed by atoms with E-state index in [2.05, 4.69) is 20.5 Å². The number of piperidine rings is 1. The van der Waals surface area contributed by atoms with Gasteiger partial charge in [-0.15, -0.1) is 0 Å². The Bertz CT molecular complexity index is 1320. The van der Waals surface area contributed by atoms with Crippen LogP contribution in [0.4, 0.5) is 17.6 Å². The average Bonchev–Trinajstić information content (AvgIpc) is 3.48. The number of aliphatic hydroxyl groups is 1. The molecule has 4 fully saturated rings. The molecule has 2 amide bonds. The zero-order chi connectivity index (χ0) is 29.0. The summed E-state index contributed by atoms with van der Waals surface area (Å²) in [6.07, 6.45) is -2.26. The van der Waals surface area contributed by atoms with Crippen molar-refractivity contribution in [1.29, 1.82) is 0 Å². The van der Waals surface area contributed by atoms with E-state index in [-0.39, 0.29) is 59.5 Å². The number of hydrogen-bond acceptors (Lipinski definition) is 7. The molecule has 10 nitrogen and oxygen atoms in total. The van der Waals surface area contributed by atoms with Gasteiger partial charge in [0.2, 0.25) is 11.8 Å². The highest BCUT2D eigenvalue weighted by Gasteiger charge is 2.56. The fraction of sp³-hybridized carbons (Fsp3) is 0.630. The van der Waals surface area contributed by atoms with Crippen molar-refractivity contribution >= 4 is 11.8 Å². The highest BCUT2D eigenvalue weighted by atomic mass is 19.4. The van der Waals surface area contributed by atoms with Crippen molar-refractivity contribution in [3.8, 4) is 17.1 Å². The second-order valence-electron chi connectivity index (χ2n) is 11.6. The first-order chi connectivity index (χ1) is 19.5. The standard InChI is InChI=1S/C27H31F4N5O5/c28-19-12-32-22(41-17-13-40-14-17)9-18(19)20-10-21(35-34-20)24(38)36-8-3-15(11-25(36)6-7-25)23(37)33-16-1-4-26(39,5-2-16)27(29,30)31/h9-10,12,15-17,39H,1-8,11,13-14H2,(H,33,37)(H,34,35). The molecule has 41 heavy (non-hydrogen) atoms. The number of likely N-dealkylation sites (tertiary alicyclic amines) is 1. The first-order valence-corrected chi connectivity index (χ1v) is 13.8. The molecule has 1 spiro atoms. The maximum Gasteiger partial charge on any atom is 0.417 e. The molecule has 2 saturated carbocycles. The minimum absolute atomic E-state index is 0.0487. The molecular formula is C27H31F4N5O5. The molecule has 0 bridgehead atoms. The van der Waals surface area contributed by atoms with Crippen molar-refractivity contribution in [2.24, 2.45) is 5.92 Å². The Labute approximate surface area is 232 Å². The van der Waals surface area contributed by atoms with E-state index in [9.17, 15) is 32.3 Å². The van der Waals surface area contributed by atoms with Gasteiger partial charge in [-0.3, -0.25) is 14.7 Å². The monoisotopic (exact) mass is 581 g/mol. The van der Waals surface area contributed by atoms with Gasteiger partial charge in [-0.1, -0.05) is 0 Å². The molecule has 4 aliphatic rings. The Hall–Kier alpha value is -3.26. The maximum atomic E-state index is 14.6. The van der Waals surface area contributed by atoms with Gasteiger partial charge >= 0.3 is 6.18 Å². The van der Waals surface area contributed by atoms with Crippen molar-refractivity contribution in [2.45, 2.75) is 80.8 Å². The van der Waals surface area contributed by atoms with Gasteiger partial charge in [0.15, 0.2) is 11.4 Å². The number of amides is 2. The average molecular weight is 582 g/mol. The smallest absolute Gasteiger partial charge is 0.417 e. The first kappa shape index (κ1) is 27.9. The summed E-state index contributed by atoms with van der Waals surface area (Å²) in [5.74, 6) is -1.27. The van der Waals surface area contributed by atoms with E-state index in [0.717, 1.165) is 19.0 Å². The van der Waals surface area contributed by atoms with Gasteiger partial charge in [-0.25, -0.2) is 9.37 Å². The lowest BCUT2D eigenvalue weighted by atomic mass is 9.81. The molecule has 2 aromatic heterocycles. The third kappa shape index (κ3) is 5.39. The lowest BCUT2D eigenvalue weighted by molar-refractivity contribution is -0.270. The Morgan fingerprint density at radius 3 is 2.51 bits per heavy atom. The predicted molar refractivity (Wildman–Crippen MR) is 134 cm³/mol. The summed E-state index contributed by atoms with van der Waals surface area (Å²) in [6.45, 7) is 1.19. The molecule has 222 valence electrons. The fourth-order valence-electron chi connectivity index (χ4n) is 6.04. The van der Waals surface area contributed by atoms with Crippen LogP contribution in [-0.4, -0.2) is 86.2 Å². The van der Waals surface area contributed by atoms with Crippen LogP contribution in [0.2, 0.25) is 0 Å². The van der Waals surface area contributed by atoms with Gasteiger partial charge in [0.05, 0.1) is 25.1 Å². The molecule has 4 heterocycles. The lowest BCUT2D eigenvalue weighted by Crippen LogP contribution is -2.54. The van der Waals surface area contributed by atoms with E-state index in [1.165, 1.54) is 12.1 Å². The summed E-state index contributed by atoms with van der Waals surface area (Å²) >= 11 is 0. The lowest BCUT2D eigenvalue weighted by Gasteiger charge is -2.41. The number of carbonyl (C=O) groups is 2. The van der Waals surface area contributed by atoms with Crippen LogP contribution in [0.25, 0.3) is 11.3 Å². The van der Waals surface area contributed by atoms with E-state index in [0.29, 0.717) is 32.6 Å². The Morgan fingerprint density at radius 1 is 1.15 bits per heavy atom. The number of aromatic amines is 1. The Morgan fingerprint density at radius 2 is 1.88 bits per heavy atom. The summed E-state index contributed by atoms with van der Waals surface area (Å²) in [5.41, 5.74) is -2.61. The summed E-state index contributed by atoms with van der Waals surface area (Å²) in [6, 6.07) is 2.49. The van der Waals surface area contributed by atoms with Crippen LogP contribution in [0, 0.1) is 11.7 Å². The summed E-state index contributed by atoms with van der Waals surface area (Å²) in [7, 11) is 0. The molecule has 14 heteroatoms. The molecular weight excluding hydrogens is 550 g/mol. The van der Waals surface area contributed by atoms with Gasteiger partial charge < -0.3 is 24.8 Å². The third-order valence-corrected chi connectivity index (χ3v) is 8.84. The molecule has 2 aliphatic carbocycles. The number of rotatable bonds is 6. The van der Waals surface area contributed by atoms with E-state index in [1.807, 2.05) is 0 Å². The zero-order valence-corrected chi connectivity index (χ0v) is 22.2. The number of hydrogen-bond donors (Lipinski definition) is 3. The second-order valence-corrected chi connectivity index (χ2v) is 11.6. The SMILES string of the molecule is O=C(NC1CCC(O)(C(F)(F)F)CC1)C1CCN(C(=O)c2cc(-c3cc(OC4COC4)ncc3F)n[nH]2)C2(CC2)C1. The molecule has 1 unspecified atom stereocenters. The van der Waals surface area contributed by atoms with Crippen LogP contribution >= 0.6 is 0 Å². The number of pyridine rings is 1.